The molecule has 0 N–H and O–H groups in total. The molecule has 0 spiro atoms. The Hall–Kier alpha value is -3.87. The summed E-state index contributed by atoms with van der Waals surface area (Å²) < 4.78 is 27.2. The molecule has 0 aliphatic carbocycles. The highest BCUT2D eigenvalue weighted by Gasteiger charge is 2.28. The van der Waals surface area contributed by atoms with E-state index < -0.39 is 0 Å². The van der Waals surface area contributed by atoms with Gasteiger partial charge in [-0.3, -0.25) is 4.79 Å². The molecule has 1 aliphatic heterocycles. The van der Waals surface area contributed by atoms with Crippen molar-refractivity contribution in [3.8, 4) is 11.5 Å². The number of piperidine rings is 1. The summed E-state index contributed by atoms with van der Waals surface area (Å²) in [4.78, 5) is 19.8. The molecule has 3 aromatic carbocycles. The molecule has 0 atom stereocenters. The molecule has 1 fully saturated rings. The number of carbonyl (C=O) groups excluding carboxylic acids is 1. The van der Waals surface area contributed by atoms with Gasteiger partial charge in [-0.15, -0.1) is 0 Å². The third-order valence-electron chi connectivity index (χ3n) is 6.76. The highest BCUT2D eigenvalue weighted by molar-refractivity contribution is 6.07. The van der Waals surface area contributed by atoms with Crippen LogP contribution < -0.4 is 9.47 Å². The standard InChI is InChI=1S/C28H28FN3O3/c1-34-21-15-19(16-22(17-21)35-2)18-32-14-11-30-27(32)20-9-12-31(13-10-20)28(33)25-7-8-26(29)24-6-4-3-5-23(24)25/h3-8,11,14-17,20H,9-10,12-13,18H2,1-2H3. The first-order chi connectivity index (χ1) is 17.1. The molecule has 0 radical (unpaired) electrons. The first kappa shape index (κ1) is 22.9. The number of rotatable bonds is 6. The Balaban J connectivity index is 1.30. The summed E-state index contributed by atoms with van der Waals surface area (Å²) in [7, 11) is 3.29. The number of benzene rings is 3. The molecule has 2 heterocycles. The molecule has 35 heavy (non-hydrogen) atoms. The van der Waals surface area contributed by atoms with E-state index in [2.05, 4.69) is 9.55 Å². The van der Waals surface area contributed by atoms with E-state index in [0.717, 1.165) is 35.7 Å². The van der Waals surface area contributed by atoms with Crippen LogP contribution in [0.15, 0.2) is 67.0 Å². The lowest BCUT2D eigenvalue weighted by molar-refractivity contribution is 0.0712. The monoisotopic (exact) mass is 473 g/mol. The highest BCUT2D eigenvalue weighted by Crippen LogP contribution is 2.30. The lowest BCUT2D eigenvalue weighted by atomic mass is 9.94. The summed E-state index contributed by atoms with van der Waals surface area (Å²) in [5, 5.41) is 1.13. The maximum atomic E-state index is 14.2. The predicted octanol–water partition coefficient (Wildman–Crippen LogP) is 5.26. The van der Waals surface area contributed by atoms with E-state index >= 15 is 0 Å². The maximum absolute atomic E-state index is 14.2. The van der Waals surface area contributed by atoms with Crippen LogP contribution in [0, 0.1) is 5.82 Å². The van der Waals surface area contributed by atoms with Crippen molar-refractivity contribution in [2.24, 2.45) is 0 Å². The van der Waals surface area contributed by atoms with Crippen molar-refractivity contribution in [1.29, 1.82) is 0 Å². The van der Waals surface area contributed by atoms with Crippen molar-refractivity contribution in [2.45, 2.75) is 25.3 Å². The van der Waals surface area contributed by atoms with E-state index in [1.54, 1.807) is 32.4 Å². The smallest absolute Gasteiger partial charge is 0.254 e. The first-order valence-corrected chi connectivity index (χ1v) is 11.8. The molecule has 6 nitrogen and oxygen atoms in total. The third-order valence-corrected chi connectivity index (χ3v) is 6.76. The molecule has 4 aromatic rings. The van der Waals surface area contributed by atoms with Crippen LogP contribution in [0.4, 0.5) is 4.39 Å². The second-order valence-electron chi connectivity index (χ2n) is 8.84. The minimum Gasteiger partial charge on any atom is -0.497 e. The predicted molar refractivity (Wildman–Crippen MR) is 133 cm³/mol. The van der Waals surface area contributed by atoms with Crippen LogP contribution in [-0.2, 0) is 6.54 Å². The maximum Gasteiger partial charge on any atom is 0.254 e. The van der Waals surface area contributed by atoms with E-state index in [0.29, 0.717) is 36.0 Å². The lowest BCUT2D eigenvalue weighted by Crippen LogP contribution is -2.38. The topological polar surface area (TPSA) is 56.6 Å². The van der Waals surface area contributed by atoms with Gasteiger partial charge in [0, 0.05) is 55.0 Å². The molecule has 0 bridgehead atoms. The van der Waals surface area contributed by atoms with Crippen molar-refractivity contribution < 1.29 is 18.7 Å². The molecule has 1 amide bonds. The first-order valence-electron chi connectivity index (χ1n) is 11.8. The fraction of sp³-hybridized carbons (Fsp3) is 0.286. The van der Waals surface area contributed by atoms with Crippen molar-refractivity contribution in [1.82, 2.24) is 14.5 Å². The van der Waals surface area contributed by atoms with Gasteiger partial charge in [0.25, 0.3) is 5.91 Å². The quantitative estimate of drug-likeness (QED) is 0.383. The fourth-order valence-electron chi connectivity index (χ4n) is 4.93. The Morgan fingerprint density at radius 3 is 2.37 bits per heavy atom. The van der Waals surface area contributed by atoms with Crippen LogP contribution in [0.25, 0.3) is 10.8 Å². The minimum absolute atomic E-state index is 0.0496. The summed E-state index contributed by atoms with van der Waals surface area (Å²) in [6.45, 7) is 1.92. The van der Waals surface area contributed by atoms with E-state index in [4.69, 9.17) is 9.47 Å². The van der Waals surface area contributed by atoms with Crippen LogP contribution in [-0.4, -0.2) is 47.7 Å². The van der Waals surface area contributed by atoms with Gasteiger partial charge < -0.3 is 18.9 Å². The lowest BCUT2D eigenvalue weighted by Gasteiger charge is -2.32. The number of fused-ring (bicyclic) bond motifs is 1. The Morgan fingerprint density at radius 2 is 1.69 bits per heavy atom. The number of hydrogen-bond acceptors (Lipinski definition) is 4. The number of halogens is 1. The highest BCUT2D eigenvalue weighted by atomic mass is 19.1. The van der Waals surface area contributed by atoms with Gasteiger partial charge >= 0.3 is 0 Å². The van der Waals surface area contributed by atoms with Crippen molar-refractivity contribution in [3.05, 3.63) is 89.8 Å². The molecule has 7 heteroatoms. The van der Waals surface area contributed by atoms with Gasteiger partial charge in [-0.2, -0.15) is 0 Å². The molecular formula is C28H28FN3O3. The second-order valence-corrected chi connectivity index (χ2v) is 8.84. The molecular weight excluding hydrogens is 445 g/mol. The number of amides is 1. The Morgan fingerprint density at radius 1 is 1.00 bits per heavy atom. The summed E-state index contributed by atoms with van der Waals surface area (Å²) in [5.41, 5.74) is 1.62. The van der Waals surface area contributed by atoms with Gasteiger partial charge in [-0.1, -0.05) is 24.3 Å². The normalized spacial score (nSPS) is 14.3. The minimum atomic E-state index is -0.309. The Bertz CT molecular complexity index is 1340. The number of nitrogens with zero attached hydrogens (tertiary/aromatic N) is 3. The van der Waals surface area contributed by atoms with Crippen molar-refractivity contribution >= 4 is 16.7 Å². The van der Waals surface area contributed by atoms with E-state index in [9.17, 15) is 9.18 Å². The van der Waals surface area contributed by atoms with Crippen molar-refractivity contribution in [2.75, 3.05) is 27.3 Å². The van der Waals surface area contributed by atoms with Crippen molar-refractivity contribution in [3.63, 3.8) is 0 Å². The zero-order valence-electron chi connectivity index (χ0n) is 19.9. The van der Waals surface area contributed by atoms with Crippen LogP contribution in [0.1, 0.15) is 40.5 Å². The van der Waals surface area contributed by atoms with Gasteiger partial charge in [0.1, 0.15) is 23.1 Å². The van der Waals surface area contributed by atoms with Gasteiger partial charge in [0.15, 0.2) is 0 Å². The van der Waals surface area contributed by atoms with Crippen LogP contribution in [0.5, 0.6) is 11.5 Å². The molecule has 180 valence electrons. The summed E-state index contributed by atoms with van der Waals surface area (Å²) in [6, 6.07) is 16.0. The number of hydrogen-bond donors (Lipinski definition) is 0. The molecule has 1 aromatic heterocycles. The molecule has 5 rings (SSSR count). The van der Waals surface area contributed by atoms with E-state index in [1.807, 2.05) is 47.6 Å². The Kier molecular flexibility index (Phi) is 6.40. The number of carbonyl (C=O) groups is 1. The fourth-order valence-corrected chi connectivity index (χ4v) is 4.93. The summed E-state index contributed by atoms with van der Waals surface area (Å²) in [6.07, 6.45) is 5.46. The molecule has 0 unspecified atom stereocenters. The van der Waals surface area contributed by atoms with Gasteiger partial charge in [0.05, 0.1) is 14.2 Å². The Labute approximate surface area is 203 Å². The van der Waals surface area contributed by atoms with E-state index in [1.165, 1.54) is 6.07 Å². The van der Waals surface area contributed by atoms with Crippen LogP contribution in [0.3, 0.4) is 0 Å². The molecule has 1 aliphatic rings. The van der Waals surface area contributed by atoms with E-state index in [-0.39, 0.29) is 17.6 Å². The average molecular weight is 474 g/mol. The number of aromatic nitrogens is 2. The SMILES string of the molecule is COc1cc(Cn2ccnc2C2CCN(C(=O)c3ccc(F)c4ccccc34)CC2)cc(OC)c1. The van der Waals surface area contributed by atoms with Crippen LogP contribution >= 0.6 is 0 Å². The number of likely N-dealkylation sites (tertiary alicyclic amines) is 1. The van der Waals surface area contributed by atoms with Gasteiger partial charge in [-0.05, 0) is 48.1 Å². The molecule has 0 saturated carbocycles. The summed E-state index contributed by atoms with van der Waals surface area (Å²) >= 11 is 0. The number of ether oxygens (including phenoxy) is 2. The number of methoxy groups -OCH3 is 2. The third kappa shape index (κ3) is 4.58. The van der Waals surface area contributed by atoms with Gasteiger partial charge in [-0.25, -0.2) is 9.37 Å². The van der Waals surface area contributed by atoms with Gasteiger partial charge in [0.2, 0.25) is 0 Å². The largest absolute Gasteiger partial charge is 0.497 e. The van der Waals surface area contributed by atoms with Crippen LogP contribution in [0.2, 0.25) is 0 Å². The summed E-state index contributed by atoms with van der Waals surface area (Å²) in [5.74, 6) is 2.42. The average Bonchev–Trinajstić information content (AvgIpc) is 3.36. The second kappa shape index (κ2) is 9.78. The number of imidazole rings is 1. The molecule has 1 saturated heterocycles. The zero-order chi connectivity index (χ0) is 24.4. The zero-order valence-corrected chi connectivity index (χ0v) is 19.9.